The molecule has 5 heteroatoms. The molecule has 0 fully saturated rings. The summed E-state index contributed by atoms with van der Waals surface area (Å²) in [7, 11) is 0. The number of carbonyl (C=O) groups excluding carboxylic acids is 1. The first kappa shape index (κ1) is 16.4. The molecule has 25 heavy (non-hydrogen) atoms. The van der Waals surface area contributed by atoms with Crippen molar-refractivity contribution in [2.24, 2.45) is 0 Å². The average Bonchev–Trinajstić information content (AvgIpc) is 2.66. The van der Waals surface area contributed by atoms with E-state index in [2.05, 4.69) is 16.5 Å². The van der Waals surface area contributed by atoms with Crippen molar-refractivity contribution in [2.75, 3.05) is 0 Å². The van der Waals surface area contributed by atoms with Crippen LogP contribution in [0.5, 0.6) is 11.5 Å². The highest BCUT2D eigenvalue weighted by atomic mass is 16.5. The molecule has 5 nitrogen and oxygen atoms in total. The Kier molecular flexibility index (Phi) is 4.85. The number of pyridine rings is 2. The minimum absolute atomic E-state index is 0.106. The predicted molar refractivity (Wildman–Crippen MR) is 95.4 cm³/mol. The smallest absolute Gasteiger partial charge is 0.168 e. The number of hydrogen-bond donors (Lipinski definition) is 1. The third-order valence-electron chi connectivity index (χ3n) is 3.67. The molecule has 0 unspecified atom stereocenters. The first-order chi connectivity index (χ1) is 12.2. The van der Waals surface area contributed by atoms with Crippen LogP contribution in [0.25, 0.3) is 17.3 Å². The second kappa shape index (κ2) is 7.40. The van der Waals surface area contributed by atoms with Crippen molar-refractivity contribution in [1.82, 2.24) is 9.97 Å². The van der Waals surface area contributed by atoms with Crippen molar-refractivity contribution in [3.63, 3.8) is 0 Å². The van der Waals surface area contributed by atoms with Crippen LogP contribution in [-0.2, 0) is 6.61 Å². The predicted octanol–water partition coefficient (Wildman–Crippen LogP) is 3.88. The van der Waals surface area contributed by atoms with Gasteiger partial charge in [0.15, 0.2) is 6.29 Å². The minimum Gasteiger partial charge on any atom is -0.507 e. The highest BCUT2D eigenvalue weighted by molar-refractivity contribution is 5.74. The van der Waals surface area contributed by atoms with Gasteiger partial charge in [-0.2, -0.15) is 0 Å². The van der Waals surface area contributed by atoms with Crippen LogP contribution in [0.3, 0.4) is 0 Å². The Balaban J connectivity index is 1.91. The zero-order valence-corrected chi connectivity index (χ0v) is 13.4. The van der Waals surface area contributed by atoms with E-state index in [-0.39, 0.29) is 12.4 Å². The molecular weight excluding hydrogens is 316 g/mol. The fourth-order valence-corrected chi connectivity index (χ4v) is 2.46. The first-order valence-electron chi connectivity index (χ1n) is 7.66. The summed E-state index contributed by atoms with van der Waals surface area (Å²) >= 11 is 0. The lowest BCUT2D eigenvalue weighted by Gasteiger charge is -2.12. The van der Waals surface area contributed by atoms with E-state index in [1.54, 1.807) is 48.7 Å². The molecule has 0 saturated carbocycles. The summed E-state index contributed by atoms with van der Waals surface area (Å²) in [4.78, 5) is 19.6. The lowest BCUT2D eigenvalue weighted by atomic mass is 10.1. The Labute approximate surface area is 145 Å². The zero-order chi connectivity index (χ0) is 17.6. The molecule has 1 aromatic carbocycles. The SMILES string of the molecule is C=Cc1c(O)cccc1OCc1ncccc1-c1cccc(C=O)n1. The van der Waals surface area contributed by atoms with E-state index < -0.39 is 0 Å². The van der Waals surface area contributed by atoms with Gasteiger partial charge in [0.1, 0.15) is 23.8 Å². The van der Waals surface area contributed by atoms with Gasteiger partial charge in [-0.15, -0.1) is 0 Å². The van der Waals surface area contributed by atoms with Crippen LogP contribution in [-0.4, -0.2) is 21.4 Å². The first-order valence-corrected chi connectivity index (χ1v) is 7.66. The molecule has 0 spiro atoms. The number of phenolic OH excluding ortho intramolecular Hbond substituents is 1. The summed E-state index contributed by atoms with van der Waals surface area (Å²) < 4.78 is 5.82. The van der Waals surface area contributed by atoms with Crippen molar-refractivity contribution in [3.8, 4) is 22.8 Å². The molecule has 0 atom stereocenters. The van der Waals surface area contributed by atoms with Crippen molar-refractivity contribution < 1.29 is 14.6 Å². The molecule has 3 rings (SSSR count). The number of ether oxygens (including phenoxy) is 1. The number of rotatable bonds is 6. The van der Waals surface area contributed by atoms with Crippen LogP contribution in [0.4, 0.5) is 0 Å². The Bertz CT molecular complexity index is 922. The van der Waals surface area contributed by atoms with E-state index in [9.17, 15) is 9.90 Å². The topological polar surface area (TPSA) is 72.3 Å². The molecule has 0 aliphatic carbocycles. The van der Waals surface area contributed by atoms with E-state index in [4.69, 9.17) is 4.74 Å². The molecule has 124 valence electrons. The highest BCUT2D eigenvalue weighted by Crippen LogP contribution is 2.29. The summed E-state index contributed by atoms with van der Waals surface area (Å²) in [6.07, 6.45) is 3.92. The highest BCUT2D eigenvalue weighted by Gasteiger charge is 2.11. The van der Waals surface area contributed by atoms with Crippen LogP contribution >= 0.6 is 0 Å². The number of aromatic nitrogens is 2. The lowest BCUT2D eigenvalue weighted by Crippen LogP contribution is -2.03. The van der Waals surface area contributed by atoms with Crippen molar-refractivity contribution in [1.29, 1.82) is 0 Å². The molecule has 0 bridgehead atoms. The van der Waals surface area contributed by atoms with Gasteiger partial charge < -0.3 is 9.84 Å². The molecule has 2 aromatic heterocycles. The maximum absolute atomic E-state index is 11.0. The zero-order valence-electron chi connectivity index (χ0n) is 13.4. The lowest BCUT2D eigenvalue weighted by molar-refractivity contribution is 0.111. The number of phenols is 1. The third kappa shape index (κ3) is 3.55. The van der Waals surface area contributed by atoms with E-state index in [0.29, 0.717) is 34.7 Å². The van der Waals surface area contributed by atoms with Gasteiger partial charge in [-0.1, -0.05) is 24.8 Å². The minimum atomic E-state index is 0.106. The molecule has 0 aliphatic rings. The summed E-state index contributed by atoms with van der Waals surface area (Å²) in [6.45, 7) is 3.88. The maximum atomic E-state index is 11.0. The van der Waals surface area contributed by atoms with Gasteiger partial charge >= 0.3 is 0 Å². The molecule has 0 amide bonds. The van der Waals surface area contributed by atoms with E-state index in [0.717, 1.165) is 5.56 Å². The second-order valence-electron chi connectivity index (χ2n) is 5.24. The van der Waals surface area contributed by atoms with Crippen LogP contribution in [0.15, 0.2) is 61.3 Å². The number of nitrogens with zero attached hydrogens (tertiary/aromatic N) is 2. The second-order valence-corrected chi connectivity index (χ2v) is 5.24. The normalized spacial score (nSPS) is 10.2. The van der Waals surface area contributed by atoms with Crippen LogP contribution in [0, 0.1) is 0 Å². The van der Waals surface area contributed by atoms with Crippen molar-refractivity contribution >= 4 is 12.4 Å². The fraction of sp³-hybridized carbons (Fsp3) is 0.0500. The van der Waals surface area contributed by atoms with Gasteiger partial charge in [-0.05, 0) is 36.4 Å². The molecule has 3 aromatic rings. The van der Waals surface area contributed by atoms with Gasteiger partial charge in [-0.3, -0.25) is 9.78 Å². The molecule has 2 heterocycles. The number of carbonyl (C=O) groups is 1. The summed E-state index contributed by atoms with van der Waals surface area (Å²) in [5.41, 5.74) is 3.00. The summed E-state index contributed by atoms with van der Waals surface area (Å²) in [5, 5.41) is 9.87. The molecule has 0 saturated heterocycles. The Morgan fingerprint density at radius 2 is 1.96 bits per heavy atom. The number of benzene rings is 1. The van der Waals surface area contributed by atoms with Gasteiger partial charge in [0.25, 0.3) is 0 Å². The van der Waals surface area contributed by atoms with Crippen LogP contribution in [0.2, 0.25) is 0 Å². The standard InChI is InChI=1S/C20H16N2O3/c1-2-15-19(24)9-4-10-20(15)25-13-18-16(7-5-11-21-18)17-8-3-6-14(12-23)22-17/h2-12,24H,1,13H2. The van der Waals surface area contributed by atoms with E-state index in [1.165, 1.54) is 0 Å². The average molecular weight is 332 g/mol. The number of aldehydes is 1. The maximum Gasteiger partial charge on any atom is 0.168 e. The molecule has 0 radical (unpaired) electrons. The quantitative estimate of drug-likeness (QED) is 0.694. The van der Waals surface area contributed by atoms with Crippen molar-refractivity contribution in [3.05, 3.63) is 78.3 Å². The number of aromatic hydroxyl groups is 1. The summed E-state index contributed by atoms with van der Waals surface area (Å²) in [6, 6.07) is 13.9. The Morgan fingerprint density at radius 1 is 1.12 bits per heavy atom. The third-order valence-corrected chi connectivity index (χ3v) is 3.67. The Hall–Kier alpha value is -3.47. The van der Waals surface area contributed by atoms with Gasteiger partial charge in [0, 0.05) is 11.8 Å². The molecule has 0 aliphatic heterocycles. The van der Waals surface area contributed by atoms with Gasteiger partial charge in [0.2, 0.25) is 0 Å². The molecular formula is C20H16N2O3. The van der Waals surface area contributed by atoms with Crippen LogP contribution < -0.4 is 4.74 Å². The summed E-state index contributed by atoms with van der Waals surface area (Å²) in [5.74, 6) is 0.621. The van der Waals surface area contributed by atoms with E-state index >= 15 is 0 Å². The Morgan fingerprint density at radius 3 is 2.76 bits per heavy atom. The largest absolute Gasteiger partial charge is 0.507 e. The fourth-order valence-electron chi connectivity index (χ4n) is 2.46. The molecule has 1 N–H and O–H groups in total. The van der Waals surface area contributed by atoms with Gasteiger partial charge in [-0.25, -0.2) is 4.98 Å². The van der Waals surface area contributed by atoms with E-state index in [1.807, 2.05) is 12.1 Å². The van der Waals surface area contributed by atoms with Crippen LogP contribution in [0.1, 0.15) is 21.7 Å². The number of hydrogen-bond acceptors (Lipinski definition) is 5. The monoisotopic (exact) mass is 332 g/mol. The van der Waals surface area contributed by atoms with Crippen molar-refractivity contribution in [2.45, 2.75) is 6.61 Å². The van der Waals surface area contributed by atoms with Gasteiger partial charge in [0.05, 0.1) is 17.0 Å².